The Kier molecular flexibility index (Phi) is 5.25. The summed E-state index contributed by atoms with van der Waals surface area (Å²) in [6, 6.07) is 42.5. The zero-order valence-electron chi connectivity index (χ0n) is 22.8. The normalized spacial score (nSPS) is 17.3. The van der Waals surface area contributed by atoms with Gasteiger partial charge in [0.2, 0.25) is 11.4 Å². The number of rotatable bonds is 1. The van der Waals surface area contributed by atoms with E-state index < -0.39 is 0 Å². The van der Waals surface area contributed by atoms with Gasteiger partial charge in [0.15, 0.2) is 25.5 Å². The highest BCUT2D eigenvalue weighted by atomic mass is 15.0. The van der Waals surface area contributed by atoms with Crippen LogP contribution < -0.4 is 9.13 Å². The van der Waals surface area contributed by atoms with Gasteiger partial charge in [0, 0.05) is 22.8 Å². The van der Waals surface area contributed by atoms with Gasteiger partial charge in [-0.1, -0.05) is 84.9 Å². The number of pyridine rings is 2. The van der Waals surface area contributed by atoms with E-state index in [2.05, 4.69) is 144 Å². The summed E-state index contributed by atoms with van der Waals surface area (Å²) in [5, 5.41) is 2.63. The van der Waals surface area contributed by atoms with Gasteiger partial charge in [-0.05, 0) is 66.1 Å². The third-order valence-electron chi connectivity index (χ3n) is 9.06. The minimum absolute atomic E-state index is 0.0161. The minimum atomic E-state index is 0.0161. The van der Waals surface area contributed by atoms with Gasteiger partial charge in [0.25, 0.3) is 0 Å². The molecule has 192 valence electrons. The van der Waals surface area contributed by atoms with E-state index in [0.29, 0.717) is 0 Å². The molecule has 0 N–H and O–H groups in total. The van der Waals surface area contributed by atoms with Gasteiger partial charge in [0.1, 0.15) is 0 Å². The molecule has 4 heterocycles. The maximum atomic E-state index is 2.58. The van der Waals surface area contributed by atoms with Crippen molar-refractivity contribution in [2.75, 3.05) is 0 Å². The van der Waals surface area contributed by atoms with Crippen LogP contribution in [-0.4, -0.2) is 0 Å². The fraction of sp³-hybridized carbons (Fsp3) is 0.158. The quantitative estimate of drug-likeness (QED) is 0.200. The first-order chi connectivity index (χ1) is 19.7. The Morgan fingerprint density at radius 3 is 1.98 bits per heavy atom. The monoisotopic (exact) mass is 516 g/mol. The number of aryl methyl sites for hydroxylation is 1. The Labute approximate surface area is 235 Å². The number of aromatic nitrogens is 2. The van der Waals surface area contributed by atoms with E-state index in [1.54, 1.807) is 0 Å². The Balaban J connectivity index is 1.38. The number of fused-ring (bicyclic) bond motifs is 8. The van der Waals surface area contributed by atoms with E-state index in [1.807, 2.05) is 0 Å². The van der Waals surface area contributed by atoms with Crippen LogP contribution >= 0.6 is 0 Å². The second kappa shape index (κ2) is 8.99. The first-order valence-corrected chi connectivity index (χ1v) is 14.3. The van der Waals surface area contributed by atoms with Crippen molar-refractivity contribution in [3.05, 3.63) is 144 Å². The third kappa shape index (κ3) is 3.71. The summed E-state index contributed by atoms with van der Waals surface area (Å²) in [5.74, 6) is 0. The van der Waals surface area contributed by atoms with Gasteiger partial charge in [-0.25, -0.2) is 0 Å². The van der Waals surface area contributed by atoms with E-state index in [4.69, 9.17) is 0 Å². The van der Waals surface area contributed by atoms with Crippen LogP contribution in [-0.2, 0) is 25.9 Å². The lowest BCUT2D eigenvalue weighted by Crippen LogP contribution is -2.53. The lowest BCUT2D eigenvalue weighted by molar-refractivity contribution is -0.737. The molecule has 0 aliphatic carbocycles. The van der Waals surface area contributed by atoms with Gasteiger partial charge in [-0.15, -0.1) is 0 Å². The number of hydrogen-bond donors (Lipinski definition) is 0. The van der Waals surface area contributed by atoms with Crippen LogP contribution in [0, 0.1) is 12.3 Å². The summed E-state index contributed by atoms with van der Waals surface area (Å²) < 4.78 is 5.13. The van der Waals surface area contributed by atoms with Gasteiger partial charge in [-0.2, -0.15) is 9.13 Å². The smallest absolute Gasteiger partial charge is 0.197 e. The van der Waals surface area contributed by atoms with Crippen molar-refractivity contribution in [2.24, 2.45) is 5.41 Å². The zero-order chi connectivity index (χ0) is 26.7. The third-order valence-corrected chi connectivity index (χ3v) is 9.06. The molecule has 1 atom stereocenters. The Morgan fingerprint density at radius 1 is 0.575 bits per heavy atom. The summed E-state index contributed by atoms with van der Waals surface area (Å²) >= 11 is 0. The first kappa shape index (κ1) is 23.3. The maximum Gasteiger partial charge on any atom is 0.220 e. The van der Waals surface area contributed by atoms with E-state index in [9.17, 15) is 0 Å². The number of benzene rings is 4. The molecule has 2 aromatic heterocycles. The lowest BCUT2D eigenvalue weighted by atomic mass is 9.76. The summed E-state index contributed by atoms with van der Waals surface area (Å²) in [6.45, 7) is 4.22. The summed E-state index contributed by atoms with van der Waals surface area (Å²) in [5.41, 5.74) is 12.2. The minimum Gasteiger partial charge on any atom is -0.197 e. The predicted molar refractivity (Wildman–Crippen MR) is 162 cm³/mol. The summed E-state index contributed by atoms with van der Waals surface area (Å²) in [6.07, 6.45) is 6.81. The molecule has 2 heteroatoms. The van der Waals surface area contributed by atoms with Crippen LogP contribution in [0.3, 0.4) is 0 Å². The molecule has 2 nitrogen and oxygen atoms in total. The summed E-state index contributed by atoms with van der Waals surface area (Å²) in [7, 11) is 0. The number of nitrogens with zero attached hydrogens (tertiary/aromatic N) is 2. The maximum absolute atomic E-state index is 2.58. The lowest BCUT2D eigenvalue weighted by Gasteiger charge is -2.26. The highest BCUT2D eigenvalue weighted by Crippen LogP contribution is 2.42. The highest BCUT2D eigenvalue weighted by Gasteiger charge is 2.46. The molecule has 0 fully saturated rings. The van der Waals surface area contributed by atoms with Gasteiger partial charge in [-0.3, -0.25) is 0 Å². The molecule has 4 aromatic carbocycles. The van der Waals surface area contributed by atoms with Crippen LogP contribution in [0.4, 0.5) is 0 Å². The van der Waals surface area contributed by atoms with E-state index in [1.165, 1.54) is 61.1 Å². The second-order valence-corrected chi connectivity index (χ2v) is 11.8. The summed E-state index contributed by atoms with van der Waals surface area (Å²) in [4.78, 5) is 0. The first-order valence-electron chi connectivity index (χ1n) is 14.3. The van der Waals surface area contributed by atoms with Crippen molar-refractivity contribution in [1.82, 2.24) is 0 Å². The molecule has 0 saturated carbocycles. The molecule has 1 unspecified atom stereocenters. The Morgan fingerprint density at radius 2 is 1.20 bits per heavy atom. The average molecular weight is 517 g/mol. The van der Waals surface area contributed by atoms with Crippen LogP contribution in [0.2, 0.25) is 0 Å². The highest BCUT2D eigenvalue weighted by molar-refractivity contribution is 5.93. The fourth-order valence-corrected chi connectivity index (χ4v) is 7.45. The van der Waals surface area contributed by atoms with E-state index in [-0.39, 0.29) is 5.41 Å². The molecule has 0 bridgehead atoms. The van der Waals surface area contributed by atoms with Crippen molar-refractivity contribution in [3.63, 3.8) is 0 Å². The van der Waals surface area contributed by atoms with Crippen LogP contribution in [0.15, 0.2) is 128 Å². The molecule has 2 aliphatic rings. The van der Waals surface area contributed by atoms with Gasteiger partial charge < -0.3 is 0 Å². The van der Waals surface area contributed by atoms with Crippen molar-refractivity contribution in [2.45, 2.75) is 32.9 Å². The van der Waals surface area contributed by atoms with E-state index in [0.717, 1.165) is 25.9 Å². The van der Waals surface area contributed by atoms with Gasteiger partial charge in [0.05, 0.1) is 16.4 Å². The van der Waals surface area contributed by atoms with Crippen molar-refractivity contribution < 1.29 is 9.13 Å². The molecule has 1 spiro atoms. The molecule has 6 aromatic rings. The molecule has 8 rings (SSSR count). The second-order valence-electron chi connectivity index (χ2n) is 11.8. The van der Waals surface area contributed by atoms with E-state index >= 15 is 0 Å². The average Bonchev–Trinajstić information content (AvgIpc) is 3.21. The number of hydrogen-bond acceptors (Lipinski definition) is 0. The molecule has 0 saturated heterocycles. The van der Waals surface area contributed by atoms with Crippen molar-refractivity contribution in [1.29, 1.82) is 0 Å². The molecule has 2 aliphatic heterocycles. The Bertz CT molecular complexity index is 1920. The molecular formula is C38H32N2+2. The van der Waals surface area contributed by atoms with Crippen molar-refractivity contribution >= 4 is 10.8 Å². The Hall–Kier alpha value is -4.56. The predicted octanol–water partition coefficient (Wildman–Crippen LogP) is 7.52. The molecular weight excluding hydrogens is 484 g/mol. The SMILES string of the molecule is Cc1cc(-c2ccccc2)c[n+]2c1-c1ccccc1CC1(Cc3ccccc3-c3c4ccccc4cc[n+]3C1)C2. The van der Waals surface area contributed by atoms with Gasteiger partial charge >= 0.3 is 0 Å². The molecule has 0 radical (unpaired) electrons. The largest absolute Gasteiger partial charge is 0.220 e. The van der Waals surface area contributed by atoms with Crippen LogP contribution in [0.25, 0.3) is 44.4 Å². The van der Waals surface area contributed by atoms with Crippen LogP contribution in [0.5, 0.6) is 0 Å². The zero-order valence-corrected chi connectivity index (χ0v) is 22.8. The fourth-order valence-electron chi connectivity index (χ4n) is 7.45. The molecule has 0 amide bonds. The topological polar surface area (TPSA) is 7.76 Å². The van der Waals surface area contributed by atoms with Crippen molar-refractivity contribution in [3.8, 4) is 33.6 Å². The van der Waals surface area contributed by atoms with Crippen LogP contribution in [0.1, 0.15) is 16.7 Å². The molecule has 40 heavy (non-hydrogen) atoms. The standard InChI is InChI=1S/C38H32N2/c1-27-21-32(28-11-3-2-4-12-28)24-40-26-38(22-30-14-6-9-17-34(30)36(27)40)23-31-15-7-10-18-35(31)37-33-16-8-5-13-29(33)19-20-39(37)25-38/h2-21,24H,22-23,25-26H2,1H3/q+2.